The lowest BCUT2D eigenvalue weighted by molar-refractivity contribution is 0.386. The Morgan fingerprint density at radius 2 is 2.32 bits per heavy atom. The molecule has 0 aliphatic carbocycles. The molecular weight excluding hydrogens is 281 g/mol. The Morgan fingerprint density at radius 3 is 2.89 bits per heavy atom. The quantitative estimate of drug-likeness (QED) is 0.902. The van der Waals surface area contributed by atoms with Gasteiger partial charge in [0.25, 0.3) is 0 Å². The largest absolute Gasteiger partial charge is 0.494 e. The fourth-order valence-electron chi connectivity index (χ4n) is 2.25. The summed E-state index contributed by atoms with van der Waals surface area (Å²) in [5.41, 5.74) is 1.02. The van der Waals surface area contributed by atoms with Crippen molar-refractivity contribution in [2.75, 3.05) is 31.4 Å². The van der Waals surface area contributed by atoms with Crippen molar-refractivity contribution in [1.82, 2.24) is 5.32 Å². The van der Waals surface area contributed by atoms with Crippen molar-refractivity contribution in [3.8, 4) is 5.75 Å². The highest BCUT2D eigenvalue weighted by Gasteiger charge is 2.23. The number of benzene rings is 1. The molecule has 0 spiro atoms. The zero-order valence-corrected chi connectivity index (χ0v) is 13.0. The third-order valence-corrected chi connectivity index (χ3v) is 6.25. The van der Waals surface area contributed by atoms with Crippen molar-refractivity contribution in [3.05, 3.63) is 29.6 Å². The Kier molecular flexibility index (Phi) is 5.85. The highest BCUT2D eigenvalue weighted by Crippen LogP contribution is 2.28. The molecular formula is C14H20FNOS2. The van der Waals surface area contributed by atoms with E-state index in [4.69, 9.17) is 4.74 Å². The fraction of sp³-hybridized carbons (Fsp3) is 0.571. The topological polar surface area (TPSA) is 21.3 Å². The van der Waals surface area contributed by atoms with Gasteiger partial charge in [-0.15, -0.1) is 0 Å². The van der Waals surface area contributed by atoms with E-state index in [-0.39, 0.29) is 5.82 Å². The van der Waals surface area contributed by atoms with Crippen LogP contribution in [-0.2, 0) is 6.42 Å². The van der Waals surface area contributed by atoms with Gasteiger partial charge >= 0.3 is 0 Å². The maximum atomic E-state index is 13.7. The van der Waals surface area contributed by atoms with Crippen LogP contribution in [0, 0.1) is 5.82 Å². The van der Waals surface area contributed by atoms with Crippen LogP contribution in [0.25, 0.3) is 0 Å². The van der Waals surface area contributed by atoms with Crippen molar-refractivity contribution in [1.29, 1.82) is 0 Å². The van der Waals surface area contributed by atoms with Gasteiger partial charge in [-0.2, -0.15) is 23.5 Å². The number of likely N-dealkylation sites (N-methyl/N-ethyl adjacent to an activating group) is 1. The molecule has 0 aromatic heterocycles. The standard InChI is InChI=1S/C14H20FNOS2/c1-16-12(14-9-18-5-6-19-14)8-10-3-4-13(17-2)11(15)7-10/h3-4,7,12,14,16H,5-6,8-9H2,1-2H3. The maximum Gasteiger partial charge on any atom is 0.165 e. The lowest BCUT2D eigenvalue weighted by atomic mass is 10.0. The van der Waals surface area contributed by atoms with Gasteiger partial charge in [-0.1, -0.05) is 6.07 Å². The Balaban J connectivity index is 2.03. The molecule has 106 valence electrons. The summed E-state index contributed by atoms with van der Waals surface area (Å²) < 4.78 is 18.6. The first-order valence-corrected chi connectivity index (χ1v) is 8.64. The van der Waals surface area contributed by atoms with Crippen LogP contribution in [0.2, 0.25) is 0 Å². The predicted molar refractivity (Wildman–Crippen MR) is 83.1 cm³/mol. The van der Waals surface area contributed by atoms with Crippen molar-refractivity contribution in [3.63, 3.8) is 0 Å². The second-order valence-corrected chi connectivity index (χ2v) is 7.05. The summed E-state index contributed by atoms with van der Waals surface area (Å²) in [6.45, 7) is 0. The van der Waals surface area contributed by atoms with E-state index in [9.17, 15) is 4.39 Å². The smallest absolute Gasteiger partial charge is 0.165 e. The van der Waals surface area contributed by atoms with Crippen LogP contribution in [0.3, 0.4) is 0 Å². The summed E-state index contributed by atoms with van der Waals surface area (Å²) in [5, 5.41) is 3.99. The molecule has 2 nitrogen and oxygen atoms in total. The van der Waals surface area contributed by atoms with Gasteiger partial charge in [-0.3, -0.25) is 0 Å². The minimum atomic E-state index is -0.277. The van der Waals surface area contributed by atoms with Gasteiger partial charge in [-0.25, -0.2) is 4.39 Å². The first-order valence-electron chi connectivity index (χ1n) is 6.43. The molecule has 1 aliphatic rings. The fourth-order valence-corrected chi connectivity index (χ4v) is 5.18. The highest BCUT2D eigenvalue weighted by atomic mass is 32.2. The van der Waals surface area contributed by atoms with Crippen LogP contribution in [0.4, 0.5) is 4.39 Å². The van der Waals surface area contributed by atoms with Gasteiger partial charge in [0, 0.05) is 28.6 Å². The van der Waals surface area contributed by atoms with Crippen LogP contribution in [0.5, 0.6) is 5.75 Å². The Labute approximate surface area is 122 Å². The highest BCUT2D eigenvalue weighted by molar-refractivity contribution is 8.06. The van der Waals surface area contributed by atoms with E-state index in [2.05, 4.69) is 5.32 Å². The van der Waals surface area contributed by atoms with E-state index in [1.54, 1.807) is 12.1 Å². The van der Waals surface area contributed by atoms with Gasteiger partial charge in [0.15, 0.2) is 11.6 Å². The number of thioether (sulfide) groups is 2. The van der Waals surface area contributed by atoms with Crippen molar-refractivity contribution >= 4 is 23.5 Å². The molecule has 2 unspecified atom stereocenters. The number of rotatable bonds is 5. The summed E-state index contributed by atoms with van der Waals surface area (Å²) in [6.07, 6.45) is 0.857. The third kappa shape index (κ3) is 4.04. The molecule has 0 saturated carbocycles. The molecule has 19 heavy (non-hydrogen) atoms. The van der Waals surface area contributed by atoms with E-state index in [0.717, 1.165) is 12.0 Å². The van der Waals surface area contributed by atoms with Crippen molar-refractivity contribution in [2.24, 2.45) is 0 Å². The lowest BCUT2D eigenvalue weighted by Gasteiger charge is -2.29. The number of methoxy groups -OCH3 is 1. The van der Waals surface area contributed by atoms with E-state index >= 15 is 0 Å². The van der Waals surface area contributed by atoms with Gasteiger partial charge in [0.2, 0.25) is 0 Å². The summed E-state index contributed by atoms with van der Waals surface area (Å²) in [4.78, 5) is 0. The van der Waals surface area contributed by atoms with E-state index < -0.39 is 0 Å². The van der Waals surface area contributed by atoms with Crippen LogP contribution in [0.1, 0.15) is 5.56 Å². The second kappa shape index (κ2) is 7.41. The first kappa shape index (κ1) is 15.0. The molecule has 1 heterocycles. The van der Waals surface area contributed by atoms with Crippen molar-refractivity contribution < 1.29 is 9.13 Å². The molecule has 1 saturated heterocycles. The summed E-state index contributed by atoms with van der Waals surface area (Å²) in [5.74, 6) is 3.67. The number of hydrogen-bond acceptors (Lipinski definition) is 4. The molecule has 0 radical (unpaired) electrons. The number of halogens is 1. The average molecular weight is 301 g/mol. The monoisotopic (exact) mass is 301 g/mol. The predicted octanol–water partition coefficient (Wildman–Crippen LogP) is 2.81. The Bertz CT molecular complexity index is 410. The van der Waals surface area contributed by atoms with E-state index in [1.165, 1.54) is 24.4 Å². The molecule has 1 fully saturated rings. The summed E-state index contributed by atoms with van der Waals surface area (Å²) in [7, 11) is 3.48. The maximum absolute atomic E-state index is 13.7. The Hall–Kier alpha value is -0.390. The van der Waals surface area contributed by atoms with Gasteiger partial charge < -0.3 is 10.1 Å². The van der Waals surface area contributed by atoms with Crippen LogP contribution in [-0.4, -0.2) is 42.7 Å². The van der Waals surface area contributed by atoms with Crippen molar-refractivity contribution in [2.45, 2.75) is 17.7 Å². The second-order valence-electron chi connectivity index (χ2n) is 4.55. The minimum absolute atomic E-state index is 0.277. The molecule has 1 aliphatic heterocycles. The number of nitrogens with one attached hydrogen (secondary N) is 1. The Morgan fingerprint density at radius 1 is 1.47 bits per heavy atom. The zero-order valence-electron chi connectivity index (χ0n) is 11.3. The van der Waals surface area contributed by atoms with Gasteiger partial charge in [-0.05, 0) is 31.2 Å². The first-order chi connectivity index (χ1) is 9.24. The SMILES string of the molecule is CNC(Cc1ccc(OC)c(F)c1)C1CSCCS1. The molecule has 1 aromatic carbocycles. The zero-order chi connectivity index (χ0) is 13.7. The molecule has 2 rings (SSSR count). The van der Waals surface area contributed by atoms with Gasteiger partial charge in [0.1, 0.15) is 0 Å². The van der Waals surface area contributed by atoms with E-state index in [1.807, 2.05) is 36.6 Å². The van der Waals surface area contributed by atoms with Crippen LogP contribution >= 0.6 is 23.5 Å². The summed E-state index contributed by atoms with van der Waals surface area (Å²) in [6, 6.07) is 5.64. The van der Waals surface area contributed by atoms with Gasteiger partial charge in [0.05, 0.1) is 7.11 Å². The molecule has 1 N–H and O–H groups in total. The summed E-state index contributed by atoms with van der Waals surface area (Å²) >= 11 is 4.04. The van der Waals surface area contributed by atoms with Crippen LogP contribution in [0.15, 0.2) is 18.2 Å². The number of ether oxygens (including phenoxy) is 1. The van der Waals surface area contributed by atoms with E-state index in [0.29, 0.717) is 17.0 Å². The molecule has 5 heteroatoms. The molecule has 2 atom stereocenters. The minimum Gasteiger partial charge on any atom is -0.494 e. The van der Waals surface area contributed by atoms with Crippen LogP contribution < -0.4 is 10.1 Å². The normalized spacial score (nSPS) is 21.1. The average Bonchev–Trinajstić information content (AvgIpc) is 2.46. The lowest BCUT2D eigenvalue weighted by Crippen LogP contribution is -2.40. The molecule has 0 amide bonds. The third-order valence-electron chi connectivity index (χ3n) is 3.33. The molecule has 0 bridgehead atoms. The molecule has 1 aromatic rings. The number of hydrogen-bond donors (Lipinski definition) is 1.